The molecule has 1 aromatic rings. The number of aryl methyl sites for hydroxylation is 1. The van der Waals surface area contributed by atoms with Gasteiger partial charge in [-0.15, -0.1) is 0 Å². The van der Waals surface area contributed by atoms with E-state index in [0.29, 0.717) is 0 Å². The fraction of sp³-hybridized carbons (Fsp3) is 0.786. The molecule has 1 aliphatic heterocycles. The Balaban J connectivity index is 1.87. The SMILES string of the molecule is CCOCCCn1ccnc1NC1(C)CCOCC1. The largest absolute Gasteiger partial charge is 0.382 e. The van der Waals surface area contributed by atoms with Crippen molar-refractivity contribution >= 4 is 5.95 Å². The third-order valence-electron chi connectivity index (χ3n) is 3.62. The summed E-state index contributed by atoms with van der Waals surface area (Å²) in [5, 5.41) is 3.58. The second-order valence-electron chi connectivity index (χ2n) is 5.29. The van der Waals surface area contributed by atoms with E-state index in [2.05, 4.69) is 21.8 Å². The van der Waals surface area contributed by atoms with Crippen LogP contribution in [0.4, 0.5) is 5.95 Å². The number of nitrogens with zero attached hydrogens (tertiary/aromatic N) is 2. The zero-order chi connectivity index (χ0) is 13.6. The molecule has 0 atom stereocenters. The van der Waals surface area contributed by atoms with Gasteiger partial charge in [0, 0.05) is 50.9 Å². The minimum atomic E-state index is 0.0985. The monoisotopic (exact) mass is 267 g/mol. The van der Waals surface area contributed by atoms with E-state index in [0.717, 1.165) is 58.2 Å². The summed E-state index contributed by atoms with van der Waals surface area (Å²) in [6, 6.07) is 0. The lowest BCUT2D eigenvalue weighted by Gasteiger charge is -2.35. The lowest BCUT2D eigenvalue weighted by molar-refractivity contribution is 0.0654. The fourth-order valence-corrected chi connectivity index (χ4v) is 2.31. The number of imidazole rings is 1. The van der Waals surface area contributed by atoms with Gasteiger partial charge >= 0.3 is 0 Å². The van der Waals surface area contributed by atoms with Gasteiger partial charge in [-0.25, -0.2) is 4.98 Å². The van der Waals surface area contributed by atoms with E-state index in [1.54, 1.807) is 0 Å². The molecule has 2 rings (SSSR count). The Kier molecular flexibility index (Phi) is 5.22. The van der Waals surface area contributed by atoms with Gasteiger partial charge in [-0.2, -0.15) is 0 Å². The van der Waals surface area contributed by atoms with Gasteiger partial charge < -0.3 is 19.4 Å². The van der Waals surface area contributed by atoms with E-state index < -0.39 is 0 Å². The van der Waals surface area contributed by atoms with Crippen LogP contribution in [0.3, 0.4) is 0 Å². The van der Waals surface area contributed by atoms with Crippen LogP contribution >= 0.6 is 0 Å². The van der Waals surface area contributed by atoms with Crippen molar-refractivity contribution in [3.8, 4) is 0 Å². The molecule has 0 radical (unpaired) electrons. The average molecular weight is 267 g/mol. The Bertz CT molecular complexity index is 373. The quantitative estimate of drug-likeness (QED) is 0.770. The van der Waals surface area contributed by atoms with Crippen LogP contribution in [-0.2, 0) is 16.0 Å². The molecule has 0 unspecified atom stereocenters. The molecular formula is C14H25N3O2. The number of hydrogen-bond donors (Lipinski definition) is 1. The maximum Gasteiger partial charge on any atom is 0.203 e. The second kappa shape index (κ2) is 6.91. The molecule has 1 saturated heterocycles. The zero-order valence-electron chi connectivity index (χ0n) is 12.0. The maximum absolute atomic E-state index is 5.42. The Morgan fingerprint density at radius 3 is 3.00 bits per heavy atom. The van der Waals surface area contributed by atoms with Crippen molar-refractivity contribution in [3.63, 3.8) is 0 Å². The topological polar surface area (TPSA) is 48.3 Å². The predicted molar refractivity (Wildman–Crippen MR) is 75.4 cm³/mol. The van der Waals surface area contributed by atoms with E-state index in [9.17, 15) is 0 Å². The van der Waals surface area contributed by atoms with E-state index >= 15 is 0 Å². The molecule has 0 aliphatic carbocycles. The number of hydrogen-bond acceptors (Lipinski definition) is 4. The van der Waals surface area contributed by atoms with Crippen LogP contribution < -0.4 is 5.32 Å². The van der Waals surface area contributed by atoms with Gasteiger partial charge in [0.1, 0.15) is 0 Å². The Morgan fingerprint density at radius 1 is 1.47 bits per heavy atom. The van der Waals surface area contributed by atoms with Crippen LogP contribution in [0.5, 0.6) is 0 Å². The molecule has 0 saturated carbocycles. The molecule has 1 aromatic heterocycles. The summed E-state index contributed by atoms with van der Waals surface area (Å²) in [4.78, 5) is 4.42. The molecular weight excluding hydrogens is 242 g/mol. The summed E-state index contributed by atoms with van der Waals surface area (Å²) < 4.78 is 13.0. The summed E-state index contributed by atoms with van der Waals surface area (Å²) >= 11 is 0. The van der Waals surface area contributed by atoms with Crippen LogP contribution in [0.15, 0.2) is 12.4 Å². The predicted octanol–water partition coefficient (Wildman–Crippen LogP) is 2.29. The summed E-state index contributed by atoms with van der Waals surface area (Å²) in [6.45, 7) is 8.45. The first kappa shape index (κ1) is 14.3. The van der Waals surface area contributed by atoms with Crippen molar-refractivity contribution < 1.29 is 9.47 Å². The van der Waals surface area contributed by atoms with Gasteiger partial charge in [-0.3, -0.25) is 0 Å². The van der Waals surface area contributed by atoms with E-state index in [-0.39, 0.29) is 5.54 Å². The van der Waals surface area contributed by atoms with Gasteiger partial charge in [0.2, 0.25) is 5.95 Å². The number of rotatable bonds is 7. The van der Waals surface area contributed by atoms with Gasteiger partial charge in [0.15, 0.2) is 0 Å². The maximum atomic E-state index is 5.42. The van der Waals surface area contributed by atoms with Gasteiger partial charge in [-0.05, 0) is 33.1 Å². The molecule has 5 heteroatoms. The molecule has 1 fully saturated rings. The molecule has 19 heavy (non-hydrogen) atoms. The normalized spacial score (nSPS) is 18.4. The lowest BCUT2D eigenvalue weighted by atomic mass is 9.93. The first-order valence-corrected chi connectivity index (χ1v) is 7.18. The molecule has 108 valence electrons. The van der Waals surface area contributed by atoms with Crippen molar-refractivity contribution in [1.29, 1.82) is 0 Å². The lowest BCUT2D eigenvalue weighted by Crippen LogP contribution is -2.41. The minimum absolute atomic E-state index is 0.0985. The highest BCUT2D eigenvalue weighted by Gasteiger charge is 2.28. The average Bonchev–Trinajstić information content (AvgIpc) is 2.82. The molecule has 2 heterocycles. The molecule has 0 aromatic carbocycles. The van der Waals surface area contributed by atoms with Gasteiger partial charge in [-0.1, -0.05) is 0 Å². The van der Waals surface area contributed by atoms with E-state index in [4.69, 9.17) is 9.47 Å². The third kappa shape index (κ3) is 4.21. The van der Waals surface area contributed by atoms with Crippen molar-refractivity contribution in [1.82, 2.24) is 9.55 Å². The molecule has 1 aliphatic rings. The third-order valence-corrected chi connectivity index (χ3v) is 3.62. The summed E-state index contributed by atoms with van der Waals surface area (Å²) in [6.07, 6.45) is 6.94. The Morgan fingerprint density at radius 2 is 2.26 bits per heavy atom. The smallest absolute Gasteiger partial charge is 0.203 e. The van der Waals surface area contributed by atoms with Crippen molar-refractivity contribution in [2.75, 3.05) is 31.7 Å². The summed E-state index contributed by atoms with van der Waals surface area (Å²) in [5.74, 6) is 0.959. The van der Waals surface area contributed by atoms with Crippen molar-refractivity contribution in [2.24, 2.45) is 0 Å². The first-order valence-electron chi connectivity index (χ1n) is 7.18. The first-order chi connectivity index (χ1) is 9.23. The molecule has 0 amide bonds. The van der Waals surface area contributed by atoms with Crippen LogP contribution in [0.1, 0.15) is 33.1 Å². The van der Waals surface area contributed by atoms with E-state index in [1.165, 1.54) is 0 Å². The van der Waals surface area contributed by atoms with Gasteiger partial charge in [0.25, 0.3) is 0 Å². The van der Waals surface area contributed by atoms with Crippen LogP contribution in [0, 0.1) is 0 Å². The molecule has 0 spiro atoms. The Hall–Kier alpha value is -1.07. The highest BCUT2D eigenvalue weighted by Crippen LogP contribution is 2.24. The number of nitrogens with one attached hydrogen (secondary N) is 1. The molecule has 0 bridgehead atoms. The Labute approximate surface area is 115 Å². The van der Waals surface area contributed by atoms with Gasteiger partial charge in [0.05, 0.1) is 0 Å². The standard InChI is InChI=1S/C14H25N3O2/c1-3-18-10-4-8-17-9-7-15-13(17)16-14(2)5-11-19-12-6-14/h7,9H,3-6,8,10-12H2,1-2H3,(H,15,16). The highest BCUT2D eigenvalue weighted by atomic mass is 16.5. The minimum Gasteiger partial charge on any atom is -0.382 e. The molecule has 5 nitrogen and oxygen atoms in total. The van der Waals surface area contributed by atoms with Crippen molar-refractivity contribution in [3.05, 3.63) is 12.4 Å². The molecule has 1 N–H and O–H groups in total. The second-order valence-corrected chi connectivity index (χ2v) is 5.29. The van der Waals surface area contributed by atoms with Crippen LogP contribution in [0.25, 0.3) is 0 Å². The highest BCUT2D eigenvalue weighted by molar-refractivity contribution is 5.30. The fourth-order valence-electron chi connectivity index (χ4n) is 2.31. The number of ether oxygens (including phenoxy) is 2. The number of anilines is 1. The number of aromatic nitrogens is 2. The van der Waals surface area contributed by atoms with E-state index in [1.807, 2.05) is 19.3 Å². The van der Waals surface area contributed by atoms with Crippen LogP contribution in [0.2, 0.25) is 0 Å². The van der Waals surface area contributed by atoms with Crippen molar-refractivity contribution in [2.45, 2.75) is 45.2 Å². The summed E-state index contributed by atoms with van der Waals surface area (Å²) in [5.41, 5.74) is 0.0985. The summed E-state index contributed by atoms with van der Waals surface area (Å²) in [7, 11) is 0. The van der Waals surface area contributed by atoms with Crippen LogP contribution in [-0.4, -0.2) is 41.5 Å². The zero-order valence-corrected chi connectivity index (χ0v) is 12.0.